The average molecular weight is 196 g/mol. The van der Waals surface area contributed by atoms with Crippen LogP contribution in [0, 0.1) is 4.91 Å². The molecule has 1 aliphatic rings. The molecule has 0 fully saturated rings. The molecule has 13 heavy (non-hydrogen) atoms. The van der Waals surface area contributed by atoms with Crippen molar-refractivity contribution in [2.75, 3.05) is 0 Å². The molecule has 0 bridgehead atoms. The number of nitrogens with zero attached hydrogens (tertiary/aromatic N) is 1. The summed E-state index contributed by atoms with van der Waals surface area (Å²) in [6.07, 6.45) is 0.666. The zero-order valence-electron chi connectivity index (χ0n) is 7.33. The fourth-order valence-electron chi connectivity index (χ4n) is 1.89. The Balaban J connectivity index is 2.53. The van der Waals surface area contributed by atoms with Crippen molar-refractivity contribution in [1.82, 2.24) is 0 Å². The van der Waals surface area contributed by atoms with Crippen LogP contribution in [-0.4, -0.2) is 6.04 Å². The predicted molar refractivity (Wildman–Crippen MR) is 52.9 cm³/mol. The highest BCUT2D eigenvalue weighted by atomic mass is 35.5. The second kappa shape index (κ2) is 2.81. The van der Waals surface area contributed by atoms with E-state index in [1.54, 1.807) is 0 Å². The van der Waals surface area contributed by atoms with Gasteiger partial charge >= 0.3 is 0 Å². The molecule has 0 aromatic heterocycles. The van der Waals surface area contributed by atoms with Crippen molar-refractivity contribution in [2.45, 2.75) is 24.3 Å². The minimum absolute atomic E-state index is 0.327. The van der Waals surface area contributed by atoms with Crippen LogP contribution in [0.2, 0.25) is 0 Å². The molecule has 0 heterocycles. The van der Waals surface area contributed by atoms with E-state index in [1.807, 2.05) is 31.2 Å². The maximum Gasteiger partial charge on any atom is 0.119 e. The van der Waals surface area contributed by atoms with Gasteiger partial charge in [-0.2, -0.15) is 4.91 Å². The molecule has 1 aromatic rings. The van der Waals surface area contributed by atoms with Gasteiger partial charge in [-0.15, -0.1) is 11.6 Å². The lowest BCUT2D eigenvalue weighted by Gasteiger charge is -2.19. The molecule has 0 spiro atoms. The summed E-state index contributed by atoms with van der Waals surface area (Å²) in [5.41, 5.74) is 2.19. The zero-order chi connectivity index (χ0) is 9.47. The van der Waals surface area contributed by atoms with E-state index in [0.29, 0.717) is 6.42 Å². The summed E-state index contributed by atoms with van der Waals surface area (Å²) >= 11 is 6.27. The predicted octanol–water partition coefficient (Wildman–Crippen LogP) is 2.83. The van der Waals surface area contributed by atoms with E-state index < -0.39 is 4.87 Å². The zero-order valence-corrected chi connectivity index (χ0v) is 8.08. The Morgan fingerprint density at radius 2 is 2.23 bits per heavy atom. The number of rotatable bonds is 1. The van der Waals surface area contributed by atoms with Crippen LogP contribution in [0.15, 0.2) is 29.4 Å². The van der Waals surface area contributed by atoms with Crippen LogP contribution in [0.4, 0.5) is 0 Å². The van der Waals surface area contributed by atoms with Gasteiger partial charge in [0.25, 0.3) is 0 Å². The molecule has 2 unspecified atom stereocenters. The summed E-state index contributed by atoms with van der Waals surface area (Å²) in [6.45, 7) is 1.85. The molecule has 0 N–H and O–H groups in total. The van der Waals surface area contributed by atoms with Crippen LogP contribution in [0.3, 0.4) is 0 Å². The van der Waals surface area contributed by atoms with E-state index >= 15 is 0 Å². The van der Waals surface area contributed by atoms with Gasteiger partial charge in [0.2, 0.25) is 0 Å². The Morgan fingerprint density at radius 3 is 2.85 bits per heavy atom. The van der Waals surface area contributed by atoms with Gasteiger partial charge in [-0.3, -0.25) is 0 Å². The Labute approximate surface area is 81.9 Å². The fraction of sp³-hybridized carbons (Fsp3) is 0.400. The Hall–Kier alpha value is -0.890. The number of hydrogen-bond donors (Lipinski definition) is 0. The molecule has 0 saturated carbocycles. The Morgan fingerprint density at radius 1 is 1.54 bits per heavy atom. The summed E-state index contributed by atoms with van der Waals surface area (Å²) in [6, 6.07) is 7.53. The largest absolute Gasteiger partial charge is 0.150 e. The standard InChI is InChI=1S/C10H10ClNO/c1-10(11)8-5-3-2-4-7(8)6-9(10)12-13/h2-5,9H,6H2,1H3. The second-order valence-electron chi connectivity index (χ2n) is 3.56. The normalized spacial score (nSPS) is 31.4. The highest BCUT2D eigenvalue weighted by molar-refractivity contribution is 6.24. The maximum atomic E-state index is 10.6. The second-order valence-corrected chi connectivity index (χ2v) is 4.34. The van der Waals surface area contributed by atoms with Gasteiger partial charge in [-0.25, -0.2) is 0 Å². The number of nitroso groups, excluding NO2 is 1. The van der Waals surface area contributed by atoms with E-state index in [2.05, 4.69) is 5.18 Å². The van der Waals surface area contributed by atoms with Gasteiger partial charge in [0.05, 0.1) is 4.87 Å². The third kappa shape index (κ3) is 1.17. The first kappa shape index (κ1) is 8.70. The van der Waals surface area contributed by atoms with Gasteiger partial charge < -0.3 is 0 Å². The molecule has 2 rings (SSSR count). The Kier molecular flexibility index (Phi) is 1.88. The van der Waals surface area contributed by atoms with E-state index in [1.165, 1.54) is 0 Å². The van der Waals surface area contributed by atoms with Crippen LogP contribution in [0.25, 0.3) is 0 Å². The molecule has 0 amide bonds. The molecule has 68 valence electrons. The number of benzene rings is 1. The first-order valence-corrected chi connectivity index (χ1v) is 4.64. The van der Waals surface area contributed by atoms with E-state index in [0.717, 1.165) is 11.1 Å². The minimum Gasteiger partial charge on any atom is -0.150 e. The molecule has 3 heteroatoms. The number of fused-ring (bicyclic) bond motifs is 1. The van der Waals surface area contributed by atoms with Crippen molar-refractivity contribution in [2.24, 2.45) is 5.18 Å². The lowest BCUT2D eigenvalue weighted by Crippen LogP contribution is -2.24. The average Bonchev–Trinajstić information content (AvgIpc) is 2.39. The van der Waals surface area contributed by atoms with Crippen molar-refractivity contribution < 1.29 is 0 Å². The number of halogens is 1. The topological polar surface area (TPSA) is 29.4 Å². The van der Waals surface area contributed by atoms with Gasteiger partial charge in [0.1, 0.15) is 6.04 Å². The minimum atomic E-state index is -0.613. The van der Waals surface area contributed by atoms with Gasteiger partial charge in [0.15, 0.2) is 0 Å². The van der Waals surface area contributed by atoms with Gasteiger partial charge in [-0.1, -0.05) is 29.4 Å². The van der Waals surface area contributed by atoms with Crippen molar-refractivity contribution >= 4 is 11.6 Å². The molecule has 0 saturated heterocycles. The van der Waals surface area contributed by atoms with Crippen molar-refractivity contribution in [3.63, 3.8) is 0 Å². The van der Waals surface area contributed by atoms with Crippen molar-refractivity contribution in [3.05, 3.63) is 40.3 Å². The molecule has 2 nitrogen and oxygen atoms in total. The molecule has 1 aliphatic carbocycles. The van der Waals surface area contributed by atoms with Crippen LogP contribution in [-0.2, 0) is 11.3 Å². The molecule has 1 aromatic carbocycles. The lowest BCUT2D eigenvalue weighted by atomic mass is 10.0. The summed E-state index contributed by atoms with van der Waals surface area (Å²) in [5.74, 6) is 0. The Bertz CT molecular complexity index is 349. The molecular weight excluding hydrogens is 186 g/mol. The van der Waals surface area contributed by atoms with Crippen LogP contribution in [0.5, 0.6) is 0 Å². The summed E-state index contributed by atoms with van der Waals surface area (Å²) < 4.78 is 0. The molecule has 0 aliphatic heterocycles. The summed E-state index contributed by atoms with van der Waals surface area (Å²) in [4.78, 5) is 9.94. The summed E-state index contributed by atoms with van der Waals surface area (Å²) in [5, 5.41) is 3.07. The highest BCUT2D eigenvalue weighted by Gasteiger charge is 2.42. The highest BCUT2D eigenvalue weighted by Crippen LogP contribution is 2.43. The molecular formula is C10H10ClNO. The van der Waals surface area contributed by atoms with Gasteiger partial charge in [-0.05, 0) is 18.1 Å². The first-order chi connectivity index (χ1) is 6.16. The van der Waals surface area contributed by atoms with Crippen LogP contribution in [0.1, 0.15) is 18.1 Å². The van der Waals surface area contributed by atoms with Crippen molar-refractivity contribution in [3.8, 4) is 0 Å². The van der Waals surface area contributed by atoms with Crippen molar-refractivity contribution in [1.29, 1.82) is 0 Å². The van der Waals surface area contributed by atoms with Gasteiger partial charge in [0, 0.05) is 6.42 Å². The van der Waals surface area contributed by atoms with Crippen LogP contribution < -0.4 is 0 Å². The third-order valence-electron chi connectivity index (χ3n) is 2.71. The first-order valence-electron chi connectivity index (χ1n) is 4.26. The van der Waals surface area contributed by atoms with Crippen LogP contribution >= 0.6 is 11.6 Å². The monoisotopic (exact) mass is 195 g/mol. The fourth-order valence-corrected chi connectivity index (χ4v) is 2.19. The lowest BCUT2D eigenvalue weighted by molar-refractivity contribution is 0.554. The quantitative estimate of drug-likeness (QED) is 0.501. The van der Waals surface area contributed by atoms with E-state index in [4.69, 9.17) is 11.6 Å². The SMILES string of the molecule is CC1(Cl)c2ccccc2CC1N=O. The van der Waals surface area contributed by atoms with E-state index in [-0.39, 0.29) is 6.04 Å². The third-order valence-corrected chi connectivity index (χ3v) is 3.17. The smallest absolute Gasteiger partial charge is 0.119 e. The molecule has 0 radical (unpaired) electrons. The van der Waals surface area contributed by atoms with E-state index in [9.17, 15) is 4.91 Å². The number of hydrogen-bond acceptors (Lipinski definition) is 2. The summed E-state index contributed by atoms with van der Waals surface area (Å²) in [7, 11) is 0. The maximum absolute atomic E-state index is 10.6. The number of alkyl halides is 1. The molecule has 2 atom stereocenters.